The molecule has 1 N–H and O–H groups in total. The minimum absolute atomic E-state index is 0.805. The molecule has 2 aromatic rings. The van der Waals surface area contributed by atoms with Gasteiger partial charge in [-0.05, 0) is 57.0 Å². The molecule has 0 amide bonds. The molecule has 0 unspecified atom stereocenters. The Kier molecular flexibility index (Phi) is 5.56. The summed E-state index contributed by atoms with van der Waals surface area (Å²) in [6, 6.07) is 4.39. The van der Waals surface area contributed by atoms with Crippen molar-refractivity contribution in [1.29, 1.82) is 0 Å². The van der Waals surface area contributed by atoms with E-state index in [0.717, 1.165) is 44.8 Å². The largest absolute Gasteiger partial charge is 0.382 e. The minimum Gasteiger partial charge on any atom is -0.382 e. The molecule has 0 saturated heterocycles. The average molecular weight is 275 g/mol. The highest BCUT2D eigenvalue weighted by Gasteiger charge is 2.04. The molecule has 4 heteroatoms. The molecule has 110 valence electrons. The summed E-state index contributed by atoms with van der Waals surface area (Å²) in [6.45, 7) is 10.9. The van der Waals surface area contributed by atoms with Crippen molar-refractivity contribution < 1.29 is 4.74 Å². The average Bonchev–Trinajstić information content (AvgIpc) is 2.81. The highest BCUT2D eigenvalue weighted by atomic mass is 16.5. The van der Waals surface area contributed by atoms with Crippen LogP contribution in [0, 0.1) is 13.8 Å². The number of nitrogens with one attached hydrogen (secondary N) is 1. The molecule has 1 aromatic carbocycles. The van der Waals surface area contributed by atoms with Crippen LogP contribution >= 0.6 is 0 Å². The maximum Gasteiger partial charge on any atom is 0.0958 e. The first-order valence-electron chi connectivity index (χ1n) is 7.43. The van der Waals surface area contributed by atoms with Crippen molar-refractivity contribution in [3.8, 4) is 0 Å². The number of ether oxygens (including phenoxy) is 1. The highest BCUT2D eigenvalue weighted by molar-refractivity contribution is 5.77. The molecule has 2 rings (SSSR count). The predicted octanol–water partition coefficient (Wildman–Crippen LogP) is 2.67. The SMILES string of the molecule is CCOCCCNCCn1cnc2cc(C)c(C)cc21. The summed E-state index contributed by atoms with van der Waals surface area (Å²) >= 11 is 0. The molecule has 0 bridgehead atoms. The summed E-state index contributed by atoms with van der Waals surface area (Å²) in [6.07, 6.45) is 3.00. The van der Waals surface area contributed by atoms with E-state index in [9.17, 15) is 0 Å². The number of hydrogen-bond acceptors (Lipinski definition) is 3. The van der Waals surface area contributed by atoms with Crippen molar-refractivity contribution in [2.24, 2.45) is 0 Å². The van der Waals surface area contributed by atoms with Crippen LogP contribution in [0.3, 0.4) is 0 Å². The van der Waals surface area contributed by atoms with E-state index in [-0.39, 0.29) is 0 Å². The van der Waals surface area contributed by atoms with E-state index in [2.05, 4.69) is 40.8 Å². The third-order valence-electron chi connectivity index (χ3n) is 3.61. The fraction of sp³-hybridized carbons (Fsp3) is 0.562. The lowest BCUT2D eigenvalue weighted by Crippen LogP contribution is -2.21. The summed E-state index contributed by atoms with van der Waals surface area (Å²) in [5.74, 6) is 0. The van der Waals surface area contributed by atoms with E-state index < -0.39 is 0 Å². The van der Waals surface area contributed by atoms with Crippen molar-refractivity contribution in [2.75, 3.05) is 26.3 Å². The zero-order chi connectivity index (χ0) is 14.4. The molecule has 0 atom stereocenters. The molecule has 20 heavy (non-hydrogen) atoms. The van der Waals surface area contributed by atoms with E-state index in [1.807, 2.05) is 13.3 Å². The predicted molar refractivity (Wildman–Crippen MR) is 83.2 cm³/mol. The molecular weight excluding hydrogens is 250 g/mol. The molecule has 0 radical (unpaired) electrons. The Morgan fingerprint density at radius 2 is 2.00 bits per heavy atom. The highest BCUT2D eigenvalue weighted by Crippen LogP contribution is 2.18. The zero-order valence-electron chi connectivity index (χ0n) is 12.8. The van der Waals surface area contributed by atoms with Gasteiger partial charge in [0.1, 0.15) is 0 Å². The van der Waals surface area contributed by atoms with Crippen LogP contribution in [0.15, 0.2) is 18.5 Å². The maximum absolute atomic E-state index is 5.31. The lowest BCUT2D eigenvalue weighted by molar-refractivity contribution is 0.145. The topological polar surface area (TPSA) is 39.1 Å². The number of hydrogen-bond donors (Lipinski definition) is 1. The monoisotopic (exact) mass is 275 g/mol. The van der Waals surface area contributed by atoms with E-state index in [4.69, 9.17) is 4.74 Å². The first-order valence-corrected chi connectivity index (χ1v) is 7.43. The van der Waals surface area contributed by atoms with Crippen molar-refractivity contribution >= 4 is 11.0 Å². The molecule has 0 saturated carbocycles. The Hall–Kier alpha value is -1.39. The molecule has 4 nitrogen and oxygen atoms in total. The number of nitrogens with zero attached hydrogens (tertiary/aromatic N) is 2. The minimum atomic E-state index is 0.805. The second-order valence-corrected chi connectivity index (χ2v) is 5.16. The van der Waals surface area contributed by atoms with Crippen LogP contribution in [0.2, 0.25) is 0 Å². The van der Waals surface area contributed by atoms with Gasteiger partial charge in [0.25, 0.3) is 0 Å². The second kappa shape index (κ2) is 7.41. The molecular formula is C16H25N3O. The fourth-order valence-corrected chi connectivity index (χ4v) is 2.26. The van der Waals surface area contributed by atoms with Crippen molar-refractivity contribution in [2.45, 2.75) is 33.7 Å². The van der Waals surface area contributed by atoms with Gasteiger partial charge >= 0.3 is 0 Å². The van der Waals surface area contributed by atoms with Crippen molar-refractivity contribution in [3.05, 3.63) is 29.6 Å². The van der Waals surface area contributed by atoms with Gasteiger partial charge in [0, 0.05) is 26.3 Å². The van der Waals surface area contributed by atoms with Gasteiger partial charge in [0.2, 0.25) is 0 Å². The van der Waals surface area contributed by atoms with Gasteiger partial charge in [-0.3, -0.25) is 0 Å². The lowest BCUT2D eigenvalue weighted by atomic mass is 10.1. The standard InChI is InChI=1S/C16H25N3O/c1-4-20-9-5-6-17-7-8-19-12-18-15-10-13(2)14(3)11-16(15)19/h10-12,17H,4-9H2,1-3H3. The third-order valence-corrected chi connectivity index (χ3v) is 3.61. The van der Waals surface area contributed by atoms with Crippen molar-refractivity contribution in [3.63, 3.8) is 0 Å². The van der Waals surface area contributed by atoms with Crippen LogP contribution in [0.4, 0.5) is 0 Å². The van der Waals surface area contributed by atoms with E-state index in [1.54, 1.807) is 0 Å². The van der Waals surface area contributed by atoms with Gasteiger partial charge in [-0.25, -0.2) is 4.98 Å². The van der Waals surface area contributed by atoms with Crippen LogP contribution in [-0.4, -0.2) is 35.9 Å². The Morgan fingerprint density at radius 1 is 1.20 bits per heavy atom. The fourth-order valence-electron chi connectivity index (χ4n) is 2.26. The third kappa shape index (κ3) is 3.81. The van der Waals surface area contributed by atoms with Gasteiger partial charge in [-0.15, -0.1) is 0 Å². The zero-order valence-corrected chi connectivity index (χ0v) is 12.8. The summed E-state index contributed by atoms with van der Waals surface area (Å²) in [7, 11) is 0. The Labute approximate surface area is 121 Å². The second-order valence-electron chi connectivity index (χ2n) is 5.16. The quantitative estimate of drug-likeness (QED) is 0.753. The Bertz CT molecular complexity index is 548. The summed E-state index contributed by atoms with van der Waals surface area (Å²) in [5.41, 5.74) is 4.94. The molecule has 0 fully saturated rings. The van der Waals surface area contributed by atoms with Crippen LogP contribution in [0.1, 0.15) is 24.5 Å². The smallest absolute Gasteiger partial charge is 0.0958 e. The van der Waals surface area contributed by atoms with Gasteiger partial charge in [0.15, 0.2) is 0 Å². The molecule has 1 heterocycles. The van der Waals surface area contributed by atoms with Gasteiger partial charge < -0.3 is 14.6 Å². The van der Waals surface area contributed by atoms with Crippen LogP contribution in [0.5, 0.6) is 0 Å². The number of imidazole rings is 1. The number of rotatable bonds is 8. The molecule has 0 spiro atoms. The number of fused-ring (bicyclic) bond motifs is 1. The Balaban J connectivity index is 1.83. The first kappa shape index (κ1) is 15.0. The normalized spacial score (nSPS) is 11.3. The summed E-state index contributed by atoms with van der Waals surface area (Å²) < 4.78 is 7.53. The summed E-state index contributed by atoms with van der Waals surface area (Å²) in [5, 5.41) is 3.44. The van der Waals surface area contributed by atoms with Crippen LogP contribution in [-0.2, 0) is 11.3 Å². The van der Waals surface area contributed by atoms with Gasteiger partial charge in [-0.2, -0.15) is 0 Å². The number of aromatic nitrogens is 2. The molecule has 0 aliphatic heterocycles. The van der Waals surface area contributed by atoms with E-state index in [0.29, 0.717) is 0 Å². The van der Waals surface area contributed by atoms with Crippen molar-refractivity contribution in [1.82, 2.24) is 14.9 Å². The van der Waals surface area contributed by atoms with Gasteiger partial charge in [0.05, 0.1) is 17.4 Å². The molecule has 0 aliphatic rings. The van der Waals surface area contributed by atoms with Gasteiger partial charge in [-0.1, -0.05) is 0 Å². The Morgan fingerprint density at radius 3 is 2.80 bits per heavy atom. The number of benzene rings is 1. The lowest BCUT2D eigenvalue weighted by Gasteiger charge is -2.07. The molecule has 1 aromatic heterocycles. The molecule has 0 aliphatic carbocycles. The van der Waals surface area contributed by atoms with Crippen LogP contribution in [0.25, 0.3) is 11.0 Å². The summed E-state index contributed by atoms with van der Waals surface area (Å²) in [4.78, 5) is 4.48. The maximum atomic E-state index is 5.31. The van der Waals surface area contributed by atoms with E-state index in [1.165, 1.54) is 16.6 Å². The first-order chi connectivity index (χ1) is 9.72. The number of aryl methyl sites for hydroxylation is 2. The van der Waals surface area contributed by atoms with E-state index >= 15 is 0 Å². The van der Waals surface area contributed by atoms with Crippen LogP contribution < -0.4 is 5.32 Å².